The van der Waals surface area contributed by atoms with Gasteiger partial charge < -0.3 is 14.4 Å². The summed E-state index contributed by atoms with van der Waals surface area (Å²) in [5.41, 5.74) is 6.81. The summed E-state index contributed by atoms with van der Waals surface area (Å²) >= 11 is 0. The molecule has 0 spiro atoms. The maximum atomic E-state index is 11.8. The second-order valence-electron chi connectivity index (χ2n) is 6.36. The smallest absolute Gasteiger partial charge is 0.411 e. The largest absolute Gasteiger partial charge is 0.462 e. The average molecular weight is 322 g/mol. The summed E-state index contributed by atoms with van der Waals surface area (Å²) in [5, 5.41) is 0. The van der Waals surface area contributed by atoms with Crippen molar-refractivity contribution in [1.29, 1.82) is 0 Å². The van der Waals surface area contributed by atoms with E-state index in [0.717, 1.165) is 5.46 Å². The van der Waals surface area contributed by atoms with Gasteiger partial charge in [-0.2, -0.15) is 0 Å². The molecule has 1 aliphatic heterocycles. The number of esters is 1. The highest BCUT2D eigenvalue weighted by molar-refractivity contribution is 6.81. The van der Waals surface area contributed by atoms with E-state index < -0.39 is 0 Å². The van der Waals surface area contributed by atoms with Crippen LogP contribution in [0.15, 0.2) is 36.4 Å². The number of nitrogens with zero attached hydrogens (tertiary/aromatic N) is 2. The van der Waals surface area contributed by atoms with Gasteiger partial charge in [-0.05, 0) is 75.7 Å². The van der Waals surface area contributed by atoms with E-state index in [1.807, 2.05) is 31.2 Å². The van der Waals surface area contributed by atoms with Crippen molar-refractivity contribution < 1.29 is 9.53 Å². The molecule has 0 N–H and O–H groups in total. The first-order valence-corrected chi connectivity index (χ1v) is 8.28. The quantitative estimate of drug-likeness (QED) is 0.643. The average Bonchev–Trinajstić information content (AvgIpc) is 2.79. The predicted molar refractivity (Wildman–Crippen MR) is 101 cm³/mol. The van der Waals surface area contributed by atoms with Gasteiger partial charge >= 0.3 is 13.0 Å². The van der Waals surface area contributed by atoms with Gasteiger partial charge in [-0.15, -0.1) is 0 Å². The van der Waals surface area contributed by atoms with Crippen molar-refractivity contribution >= 4 is 29.8 Å². The molecule has 0 aromatic heterocycles. The summed E-state index contributed by atoms with van der Waals surface area (Å²) in [6, 6.07) is 12.2. The molecular weight excluding hydrogens is 299 g/mol. The van der Waals surface area contributed by atoms with Gasteiger partial charge in [0.25, 0.3) is 0 Å². The highest BCUT2D eigenvalue weighted by Gasteiger charge is 2.37. The van der Waals surface area contributed by atoms with Crippen LogP contribution in [0.25, 0.3) is 0 Å². The normalized spacial score (nSPS) is 13.3. The van der Waals surface area contributed by atoms with Crippen LogP contribution in [0.2, 0.25) is 0 Å². The van der Waals surface area contributed by atoms with Crippen molar-refractivity contribution in [2.45, 2.75) is 20.8 Å². The highest BCUT2D eigenvalue weighted by atomic mass is 16.5. The number of hydrogen-bond donors (Lipinski definition) is 0. The summed E-state index contributed by atoms with van der Waals surface area (Å²) in [6.07, 6.45) is 0. The first-order chi connectivity index (χ1) is 11.4. The summed E-state index contributed by atoms with van der Waals surface area (Å²) in [6.45, 7) is 6.62. The molecule has 0 unspecified atom stereocenters. The van der Waals surface area contributed by atoms with Gasteiger partial charge in [0.15, 0.2) is 0 Å². The third kappa shape index (κ3) is 2.64. The molecule has 5 heteroatoms. The zero-order valence-corrected chi connectivity index (χ0v) is 15.0. The topological polar surface area (TPSA) is 32.8 Å². The maximum absolute atomic E-state index is 11.8. The lowest BCUT2D eigenvalue weighted by molar-refractivity contribution is 0.0526. The van der Waals surface area contributed by atoms with E-state index in [4.69, 9.17) is 4.74 Å². The Kier molecular flexibility index (Phi) is 4.27. The Morgan fingerprint density at radius 1 is 1.00 bits per heavy atom. The van der Waals surface area contributed by atoms with Gasteiger partial charge in [0.1, 0.15) is 0 Å². The molecule has 2 aromatic carbocycles. The molecule has 0 bridgehead atoms. The molecule has 4 nitrogen and oxygen atoms in total. The maximum Gasteiger partial charge on any atom is 0.411 e. The number of anilines is 2. The van der Waals surface area contributed by atoms with E-state index in [1.54, 1.807) is 0 Å². The fourth-order valence-electron chi connectivity index (χ4n) is 3.33. The number of carbonyl (C=O) groups excluding carboxylic acids is 1. The van der Waals surface area contributed by atoms with E-state index in [-0.39, 0.29) is 13.0 Å². The van der Waals surface area contributed by atoms with Crippen LogP contribution < -0.4 is 15.1 Å². The van der Waals surface area contributed by atoms with E-state index in [2.05, 4.69) is 49.7 Å². The molecule has 124 valence electrons. The SMILES string of the molecule is CCOC(=O)c1ccc(B2N(C)c3cc(C)c(C)cc3N2C)cc1. The number of fused-ring (bicyclic) bond motifs is 1. The van der Waals surface area contributed by atoms with Gasteiger partial charge in [-0.3, -0.25) is 0 Å². The lowest BCUT2D eigenvalue weighted by Gasteiger charge is -2.23. The Bertz CT molecular complexity index is 739. The number of aryl methyl sites for hydroxylation is 2. The first-order valence-electron chi connectivity index (χ1n) is 8.28. The molecule has 0 aliphatic carbocycles. The summed E-state index contributed by atoms with van der Waals surface area (Å²) in [7, 11) is 4.22. The minimum atomic E-state index is -0.272. The Labute approximate surface area is 144 Å². The van der Waals surface area contributed by atoms with Crippen molar-refractivity contribution in [3.63, 3.8) is 0 Å². The lowest BCUT2D eigenvalue weighted by Crippen LogP contribution is -2.53. The van der Waals surface area contributed by atoms with Crippen LogP contribution in [0.4, 0.5) is 11.4 Å². The summed E-state index contributed by atoms with van der Waals surface area (Å²) < 4.78 is 5.05. The monoisotopic (exact) mass is 322 g/mol. The van der Waals surface area contributed by atoms with Crippen molar-refractivity contribution in [2.24, 2.45) is 0 Å². The molecule has 0 saturated carbocycles. The molecule has 1 aliphatic rings. The molecule has 2 aromatic rings. The second-order valence-corrected chi connectivity index (χ2v) is 6.36. The van der Waals surface area contributed by atoms with Gasteiger partial charge in [-0.25, -0.2) is 4.79 Å². The molecule has 0 saturated heterocycles. The summed E-state index contributed by atoms with van der Waals surface area (Å²) in [4.78, 5) is 16.4. The molecule has 3 rings (SSSR count). The molecule has 0 fully saturated rings. The third-order valence-corrected chi connectivity index (χ3v) is 4.80. The van der Waals surface area contributed by atoms with E-state index in [1.165, 1.54) is 22.5 Å². The Morgan fingerprint density at radius 3 is 1.96 bits per heavy atom. The van der Waals surface area contributed by atoms with Crippen LogP contribution in [0, 0.1) is 13.8 Å². The molecule has 0 amide bonds. The van der Waals surface area contributed by atoms with Crippen LogP contribution in [0.1, 0.15) is 28.4 Å². The fourth-order valence-corrected chi connectivity index (χ4v) is 3.33. The van der Waals surface area contributed by atoms with E-state index in [0.29, 0.717) is 12.2 Å². The van der Waals surface area contributed by atoms with Gasteiger partial charge in [0.2, 0.25) is 0 Å². The first kappa shape index (κ1) is 16.4. The van der Waals surface area contributed by atoms with Crippen molar-refractivity contribution in [2.75, 3.05) is 30.3 Å². The van der Waals surface area contributed by atoms with Crippen LogP contribution in [0.3, 0.4) is 0 Å². The molecule has 1 heterocycles. The number of benzene rings is 2. The molecule has 0 atom stereocenters. The highest BCUT2D eigenvalue weighted by Crippen LogP contribution is 2.37. The molecular formula is C19H23BN2O2. The van der Waals surface area contributed by atoms with E-state index >= 15 is 0 Å². The predicted octanol–water partition coefficient (Wildman–Crippen LogP) is 2.76. The van der Waals surface area contributed by atoms with Gasteiger partial charge in [0.05, 0.1) is 12.2 Å². The summed E-state index contributed by atoms with van der Waals surface area (Å²) in [5.74, 6) is -0.272. The molecule has 0 radical (unpaired) electrons. The number of carbonyl (C=O) groups is 1. The van der Waals surface area contributed by atoms with Crippen molar-refractivity contribution in [1.82, 2.24) is 0 Å². The van der Waals surface area contributed by atoms with E-state index in [9.17, 15) is 4.79 Å². The third-order valence-electron chi connectivity index (χ3n) is 4.80. The number of rotatable bonds is 3. The van der Waals surface area contributed by atoms with Crippen LogP contribution in [-0.4, -0.2) is 33.7 Å². The van der Waals surface area contributed by atoms with Crippen LogP contribution in [0.5, 0.6) is 0 Å². The Balaban J connectivity index is 1.92. The van der Waals surface area contributed by atoms with Crippen molar-refractivity contribution in [3.8, 4) is 0 Å². The Hall–Kier alpha value is -2.43. The van der Waals surface area contributed by atoms with Gasteiger partial charge in [-0.1, -0.05) is 12.1 Å². The Morgan fingerprint density at radius 2 is 1.50 bits per heavy atom. The number of ether oxygens (including phenoxy) is 1. The zero-order valence-electron chi connectivity index (χ0n) is 15.0. The van der Waals surface area contributed by atoms with Crippen LogP contribution >= 0.6 is 0 Å². The molecule has 24 heavy (non-hydrogen) atoms. The minimum absolute atomic E-state index is 0.123. The van der Waals surface area contributed by atoms with Crippen molar-refractivity contribution in [3.05, 3.63) is 53.1 Å². The standard InChI is InChI=1S/C19H23BN2O2/c1-6-24-19(23)15-7-9-16(10-8-15)20-21(4)17-11-13(2)14(3)12-18(17)22(20)5/h7-12H,6H2,1-5H3. The lowest BCUT2D eigenvalue weighted by atomic mass is 9.66. The van der Waals surface area contributed by atoms with Gasteiger partial charge in [0, 0.05) is 11.4 Å². The van der Waals surface area contributed by atoms with Crippen LogP contribution in [-0.2, 0) is 4.74 Å². The zero-order chi connectivity index (χ0) is 17.4. The number of hydrogen-bond acceptors (Lipinski definition) is 4. The fraction of sp³-hybridized carbons (Fsp3) is 0.316. The second kappa shape index (κ2) is 6.23. The minimum Gasteiger partial charge on any atom is -0.462 e.